The molecule has 17 heavy (non-hydrogen) atoms. The van der Waals surface area contributed by atoms with Gasteiger partial charge in [-0.05, 0) is 25.1 Å². The Balaban J connectivity index is 1.72. The summed E-state index contributed by atoms with van der Waals surface area (Å²) >= 11 is 0. The Bertz CT molecular complexity index is 509. The second-order valence-corrected chi connectivity index (χ2v) is 4.37. The second-order valence-electron chi connectivity index (χ2n) is 4.37. The van der Waals surface area contributed by atoms with Gasteiger partial charge in [0.2, 0.25) is 5.88 Å². The minimum absolute atomic E-state index is 0.600. The summed E-state index contributed by atoms with van der Waals surface area (Å²) in [5.74, 6) is 1.22. The summed E-state index contributed by atoms with van der Waals surface area (Å²) < 4.78 is 5.68. The lowest BCUT2D eigenvalue weighted by molar-refractivity contribution is 0.251. The van der Waals surface area contributed by atoms with Gasteiger partial charge >= 0.3 is 0 Å². The Hall–Kier alpha value is -1.68. The number of nitrogens with zero attached hydrogens (tertiary/aromatic N) is 2. The highest BCUT2D eigenvalue weighted by Crippen LogP contribution is 2.15. The average Bonchev–Trinajstić information content (AvgIpc) is 2.89. The maximum absolute atomic E-state index is 5.68. The van der Waals surface area contributed by atoms with Crippen LogP contribution in [0.15, 0.2) is 30.5 Å². The van der Waals surface area contributed by atoms with Crippen molar-refractivity contribution in [2.75, 3.05) is 19.7 Å². The van der Waals surface area contributed by atoms with Crippen molar-refractivity contribution < 1.29 is 4.74 Å². The largest absolute Gasteiger partial charge is 0.476 e. The highest BCUT2D eigenvalue weighted by Gasteiger charge is 2.15. The molecular formula is C13H15N3O. The van der Waals surface area contributed by atoms with Gasteiger partial charge < -0.3 is 10.1 Å². The van der Waals surface area contributed by atoms with E-state index in [0.29, 0.717) is 11.8 Å². The number of fused-ring (bicyclic) bond motifs is 1. The van der Waals surface area contributed by atoms with E-state index >= 15 is 0 Å². The van der Waals surface area contributed by atoms with Gasteiger partial charge in [-0.25, -0.2) is 9.97 Å². The van der Waals surface area contributed by atoms with E-state index < -0.39 is 0 Å². The number of ether oxygens (including phenoxy) is 1. The van der Waals surface area contributed by atoms with Crippen LogP contribution in [0.5, 0.6) is 5.88 Å². The van der Waals surface area contributed by atoms with E-state index in [4.69, 9.17) is 4.74 Å². The number of hydrogen-bond acceptors (Lipinski definition) is 4. The quantitative estimate of drug-likeness (QED) is 0.868. The lowest BCUT2D eigenvalue weighted by Crippen LogP contribution is -2.15. The topological polar surface area (TPSA) is 47.0 Å². The van der Waals surface area contributed by atoms with Crippen LogP contribution in [0, 0.1) is 5.92 Å². The van der Waals surface area contributed by atoms with Crippen LogP contribution in [0.1, 0.15) is 6.42 Å². The molecule has 4 nitrogen and oxygen atoms in total. The third-order valence-electron chi connectivity index (χ3n) is 3.06. The second kappa shape index (κ2) is 4.67. The first-order valence-electron chi connectivity index (χ1n) is 5.97. The van der Waals surface area contributed by atoms with E-state index in [-0.39, 0.29) is 0 Å². The zero-order valence-corrected chi connectivity index (χ0v) is 9.60. The molecule has 0 bridgehead atoms. The van der Waals surface area contributed by atoms with Crippen molar-refractivity contribution in [3.05, 3.63) is 30.5 Å². The standard InChI is InChI=1S/C13H15N3O/c1-2-4-12-11(3-1)15-8-13(16-12)17-9-10-5-6-14-7-10/h1-4,8,10,14H,5-7,9H2/t10-/m1/s1. The minimum Gasteiger partial charge on any atom is -0.476 e. The van der Waals surface area contributed by atoms with Gasteiger partial charge in [-0.1, -0.05) is 12.1 Å². The molecule has 88 valence electrons. The zero-order valence-electron chi connectivity index (χ0n) is 9.60. The number of nitrogens with one attached hydrogen (secondary N) is 1. The Morgan fingerprint density at radius 3 is 3.00 bits per heavy atom. The first kappa shape index (κ1) is 10.5. The van der Waals surface area contributed by atoms with Crippen LogP contribution in [0.4, 0.5) is 0 Å². The molecule has 1 N–H and O–H groups in total. The van der Waals surface area contributed by atoms with Gasteiger partial charge in [-0.2, -0.15) is 0 Å². The summed E-state index contributed by atoms with van der Waals surface area (Å²) in [6.07, 6.45) is 2.88. The molecular weight excluding hydrogens is 214 g/mol. The van der Waals surface area contributed by atoms with Gasteiger partial charge in [-0.3, -0.25) is 0 Å². The van der Waals surface area contributed by atoms with Crippen LogP contribution >= 0.6 is 0 Å². The van der Waals surface area contributed by atoms with Crippen molar-refractivity contribution in [3.63, 3.8) is 0 Å². The van der Waals surface area contributed by atoms with Gasteiger partial charge in [0.15, 0.2) is 0 Å². The van der Waals surface area contributed by atoms with Gasteiger partial charge in [0.25, 0.3) is 0 Å². The Kier molecular flexibility index (Phi) is 2.88. The van der Waals surface area contributed by atoms with Crippen LogP contribution in [0.25, 0.3) is 11.0 Å². The molecule has 0 amide bonds. The normalized spacial score (nSPS) is 19.6. The Morgan fingerprint density at radius 1 is 1.29 bits per heavy atom. The van der Waals surface area contributed by atoms with Crippen molar-refractivity contribution in [2.45, 2.75) is 6.42 Å². The van der Waals surface area contributed by atoms with E-state index in [0.717, 1.165) is 30.7 Å². The SMILES string of the molecule is c1ccc2nc(OC[C@@H]3CCNC3)cnc2c1. The highest BCUT2D eigenvalue weighted by molar-refractivity contribution is 5.73. The molecule has 1 fully saturated rings. The summed E-state index contributed by atoms with van der Waals surface area (Å²) in [5.41, 5.74) is 1.79. The highest BCUT2D eigenvalue weighted by atomic mass is 16.5. The van der Waals surface area contributed by atoms with E-state index in [1.807, 2.05) is 24.3 Å². The van der Waals surface area contributed by atoms with Crippen LogP contribution < -0.4 is 10.1 Å². The summed E-state index contributed by atoms with van der Waals surface area (Å²) in [4.78, 5) is 8.75. The van der Waals surface area contributed by atoms with Gasteiger partial charge in [-0.15, -0.1) is 0 Å². The number of aromatic nitrogens is 2. The molecule has 0 radical (unpaired) electrons. The molecule has 1 aromatic carbocycles. The monoisotopic (exact) mass is 229 g/mol. The zero-order chi connectivity index (χ0) is 11.5. The summed E-state index contributed by atoms with van der Waals surface area (Å²) in [7, 11) is 0. The number of hydrogen-bond donors (Lipinski definition) is 1. The van der Waals surface area contributed by atoms with E-state index in [9.17, 15) is 0 Å². The van der Waals surface area contributed by atoms with E-state index in [2.05, 4.69) is 15.3 Å². The summed E-state index contributed by atoms with van der Waals surface area (Å²) in [5, 5.41) is 3.32. The fraction of sp³-hybridized carbons (Fsp3) is 0.385. The van der Waals surface area contributed by atoms with Crippen LogP contribution in [0.3, 0.4) is 0 Å². The van der Waals surface area contributed by atoms with Crippen molar-refractivity contribution in [1.82, 2.24) is 15.3 Å². The molecule has 0 aliphatic carbocycles. The molecule has 1 aliphatic heterocycles. The van der Waals surface area contributed by atoms with Crippen molar-refractivity contribution in [1.29, 1.82) is 0 Å². The van der Waals surface area contributed by atoms with Crippen LogP contribution in [-0.4, -0.2) is 29.7 Å². The summed E-state index contributed by atoms with van der Waals surface area (Å²) in [6.45, 7) is 2.86. The summed E-state index contributed by atoms with van der Waals surface area (Å²) in [6, 6.07) is 7.82. The third-order valence-corrected chi connectivity index (χ3v) is 3.06. The molecule has 4 heteroatoms. The maximum Gasteiger partial charge on any atom is 0.232 e. The van der Waals surface area contributed by atoms with E-state index in [1.165, 1.54) is 6.42 Å². The third kappa shape index (κ3) is 2.36. The van der Waals surface area contributed by atoms with Crippen LogP contribution in [0.2, 0.25) is 0 Å². The number of benzene rings is 1. The van der Waals surface area contributed by atoms with Crippen molar-refractivity contribution >= 4 is 11.0 Å². The lowest BCUT2D eigenvalue weighted by atomic mass is 10.1. The van der Waals surface area contributed by atoms with Gasteiger partial charge in [0, 0.05) is 12.5 Å². The smallest absolute Gasteiger partial charge is 0.232 e. The molecule has 1 saturated heterocycles. The van der Waals surface area contributed by atoms with Crippen LogP contribution in [-0.2, 0) is 0 Å². The first-order chi connectivity index (χ1) is 8.42. The molecule has 1 atom stereocenters. The molecule has 2 aromatic rings. The predicted molar refractivity (Wildman–Crippen MR) is 66.0 cm³/mol. The number of rotatable bonds is 3. The lowest BCUT2D eigenvalue weighted by Gasteiger charge is -2.09. The van der Waals surface area contributed by atoms with Crippen molar-refractivity contribution in [3.8, 4) is 5.88 Å². The van der Waals surface area contributed by atoms with Gasteiger partial charge in [0.05, 0.1) is 23.8 Å². The Labute approximate surface area is 100 Å². The number of para-hydroxylation sites is 2. The average molecular weight is 229 g/mol. The molecule has 0 unspecified atom stereocenters. The molecule has 1 aromatic heterocycles. The fourth-order valence-electron chi connectivity index (χ4n) is 2.07. The molecule has 0 saturated carbocycles. The fourth-order valence-corrected chi connectivity index (χ4v) is 2.07. The maximum atomic E-state index is 5.68. The molecule has 2 heterocycles. The molecule has 1 aliphatic rings. The minimum atomic E-state index is 0.600. The first-order valence-corrected chi connectivity index (χ1v) is 5.97. The predicted octanol–water partition coefficient (Wildman–Crippen LogP) is 1.62. The Morgan fingerprint density at radius 2 is 2.18 bits per heavy atom. The van der Waals surface area contributed by atoms with Gasteiger partial charge in [0.1, 0.15) is 0 Å². The van der Waals surface area contributed by atoms with E-state index in [1.54, 1.807) is 6.20 Å². The van der Waals surface area contributed by atoms with Crippen molar-refractivity contribution in [2.24, 2.45) is 5.92 Å². The molecule has 3 rings (SSSR count). The molecule has 0 spiro atoms.